The van der Waals surface area contributed by atoms with Gasteiger partial charge in [0, 0.05) is 24.9 Å². The molecule has 1 N–H and O–H groups in total. The van der Waals surface area contributed by atoms with E-state index < -0.39 is 5.82 Å². The molecule has 0 unspecified atom stereocenters. The molecule has 1 amide bonds. The number of amides is 1. The van der Waals surface area contributed by atoms with E-state index in [0.717, 1.165) is 48.6 Å². The Balaban J connectivity index is 1.48. The maximum absolute atomic E-state index is 14.3. The maximum Gasteiger partial charge on any atom is 0.224 e. The zero-order chi connectivity index (χ0) is 20.2. The average Bonchev–Trinajstić information content (AvgIpc) is 2.97. The summed E-state index contributed by atoms with van der Waals surface area (Å²) in [6.07, 6.45) is 5.20. The fourth-order valence-electron chi connectivity index (χ4n) is 3.68. The van der Waals surface area contributed by atoms with Crippen LogP contribution in [0.3, 0.4) is 0 Å². The Morgan fingerprint density at radius 3 is 2.76 bits per heavy atom. The number of nitrogens with zero attached hydrogens (tertiary/aromatic N) is 3. The molecule has 0 atom stereocenters. The SMILES string of the molecule is Cc1ccc(CCC(=O)Nc2cc(-c3nnc4n3CCCCC4)ccc2F)cc1. The van der Waals surface area contributed by atoms with Gasteiger partial charge in [-0.3, -0.25) is 4.79 Å². The van der Waals surface area contributed by atoms with E-state index in [4.69, 9.17) is 0 Å². The summed E-state index contributed by atoms with van der Waals surface area (Å²) in [6, 6.07) is 12.8. The first-order valence-corrected chi connectivity index (χ1v) is 10.2. The van der Waals surface area contributed by atoms with Gasteiger partial charge in [-0.1, -0.05) is 36.2 Å². The van der Waals surface area contributed by atoms with Crippen molar-refractivity contribution in [3.8, 4) is 11.4 Å². The number of benzene rings is 2. The molecular formula is C23H25FN4O. The van der Waals surface area contributed by atoms with Gasteiger partial charge in [-0.15, -0.1) is 10.2 Å². The number of nitrogens with one attached hydrogen (secondary N) is 1. The normalized spacial score (nSPS) is 13.6. The molecule has 2 heterocycles. The summed E-state index contributed by atoms with van der Waals surface area (Å²) in [7, 11) is 0. The lowest BCUT2D eigenvalue weighted by Crippen LogP contribution is -2.13. The molecular weight excluding hydrogens is 367 g/mol. The van der Waals surface area contributed by atoms with E-state index in [1.54, 1.807) is 12.1 Å². The lowest BCUT2D eigenvalue weighted by Gasteiger charge is -2.10. The summed E-state index contributed by atoms with van der Waals surface area (Å²) in [5.74, 6) is 1.05. The Morgan fingerprint density at radius 1 is 1.10 bits per heavy atom. The van der Waals surface area contributed by atoms with Crippen LogP contribution in [-0.2, 0) is 24.2 Å². The highest BCUT2D eigenvalue weighted by Crippen LogP contribution is 2.26. The quantitative estimate of drug-likeness (QED) is 0.685. The Labute approximate surface area is 170 Å². The lowest BCUT2D eigenvalue weighted by molar-refractivity contribution is -0.116. The second-order valence-electron chi connectivity index (χ2n) is 7.63. The van der Waals surface area contributed by atoms with Gasteiger partial charge in [-0.25, -0.2) is 4.39 Å². The van der Waals surface area contributed by atoms with Crippen LogP contribution >= 0.6 is 0 Å². The van der Waals surface area contributed by atoms with Crippen molar-refractivity contribution in [1.82, 2.24) is 14.8 Å². The minimum absolute atomic E-state index is 0.183. The zero-order valence-electron chi connectivity index (χ0n) is 16.6. The summed E-state index contributed by atoms with van der Waals surface area (Å²) >= 11 is 0. The van der Waals surface area contributed by atoms with Crippen LogP contribution in [0.1, 0.15) is 42.6 Å². The largest absolute Gasteiger partial charge is 0.324 e. The number of hydrogen-bond acceptors (Lipinski definition) is 3. The molecule has 0 spiro atoms. The van der Waals surface area contributed by atoms with Gasteiger partial charge in [0.1, 0.15) is 11.6 Å². The van der Waals surface area contributed by atoms with Crippen molar-refractivity contribution < 1.29 is 9.18 Å². The van der Waals surface area contributed by atoms with E-state index in [1.807, 2.05) is 31.2 Å². The van der Waals surface area contributed by atoms with Crippen molar-refractivity contribution in [3.05, 3.63) is 65.2 Å². The van der Waals surface area contributed by atoms with E-state index >= 15 is 0 Å². The van der Waals surface area contributed by atoms with Gasteiger partial charge in [0.2, 0.25) is 5.91 Å². The number of aromatic nitrogens is 3. The smallest absolute Gasteiger partial charge is 0.224 e. The third-order valence-corrected chi connectivity index (χ3v) is 5.37. The monoisotopic (exact) mass is 392 g/mol. The van der Waals surface area contributed by atoms with Gasteiger partial charge in [0.25, 0.3) is 0 Å². The van der Waals surface area contributed by atoms with Gasteiger partial charge >= 0.3 is 0 Å². The van der Waals surface area contributed by atoms with Gasteiger partial charge in [0.05, 0.1) is 5.69 Å². The minimum Gasteiger partial charge on any atom is -0.324 e. The van der Waals surface area contributed by atoms with Crippen LogP contribution in [0.25, 0.3) is 11.4 Å². The molecule has 1 aliphatic heterocycles. The third-order valence-electron chi connectivity index (χ3n) is 5.37. The second kappa shape index (κ2) is 8.55. The summed E-state index contributed by atoms with van der Waals surface area (Å²) in [6.45, 7) is 2.90. The molecule has 29 heavy (non-hydrogen) atoms. The molecule has 0 aliphatic carbocycles. The summed E-state index contributed by atoms with van der Waals surface area (Å²) in [4.78, 5) is 12.4. The predicted molar refractivity (Wildman–Crippen MR) is 111 cm³/mol. The molecule has 3 aromatic rings. The standard InChI is InChI=1S/C23H25FN4O/c1-16-6-8-17(9-7-16)10-13-22(29)25-20-15-18(11-12-19(20)24)23-27-26-21-5-3-2-4-14-28(21)23/h6-9,11-12,15H,2-5,10,13-14H2,1H3,(H,25,29). The highest BCUT2D eigenvalue weighted by molar-refractivity contribution is 5.91. The Kier molecular flexibility index (Phi) is 5.69. The molecule has 1 aliphatic rings. The molecule has 4 rings (SSSR count). The number of fused-ring (bicyclic) bond motifs is 1. The molecule has 0 fully saturated rings. The second-order valence-corrected chi connectivity index (χ2v) is 7.63. The van der Waals surface area contributed by atoms with Crippen molar-refractivity contribution in [2.24, 2.45) is 0 Å². The fraction of sp³-hybridized carbons (Fsp3) is 0.348. The molecule has 6 heteroatoms. The Hall–Kier alpha value is -3.02. The fourth-order valence-corrected chi connectivity index (χ4v) is 3.68. The van der Waals surface area contributed by atoms with Crippen LogP contribution in [0.2, 0.25) is 0 Å². The van der Waals surface area contributed by atoms with Crippen molar-refractivity contribution in [3.63, 3.8) is 0 Å². The Morgan fingerprint density at radius 2 is 1.93 bits per heavy atom. The van der Waals surface area contributed by atoms with Gasteiger partial charge < -0.3 is 9.88 Å². The van der Waals surface area contributed by atoms with Crippen LogP contribution in [0.5, 0.6) is 0 Å². The number of carbonyl (C=O) groups is 1. The summed E-state index contributed by atoms with van der Waals surface area (Å²) < 4.78 is 16.4. The van der Waals surface area contributed by atoms with E-state index in [9.17, 15) is 9.18 Å². The van der Waals surface area contributed by atoms with E-state index in [2.05, 4.69) is 20.1 Å². The van der Waals surface area contributed by atoms with Gasteiger partial charge in [-0.2, -0.15) is 0 Å². The van der Waals surface area contributed by atoms with Crippen molar-refractivity contribution >= 4 is 11.6 Å². The van der Waals surface area contributed by atoms with Gasteiger partial charge in [0.15, 0.2) is 5.82 Å². The first kappa shape index (κ1) is 19.3. The van der Waals surface area contributed by atoms with Gasteiger partial charge in [-0.05, 0) is 49.9 Å². The minimum atomic E-state index is -0.451. The highest BCUT2D eigenvalue weighted by atomic mass is 19.1. The molecule has 0 radical (unpaired) electrons. The molecule has 0 saturated carbocycles. The van der Waals surface area contributed by atoms with Crippen molar-refractivity contribution in [1.29, 1.82) is 0 Å². The third kappa shape index (κ3) is 4.53. The molecule has 2 aromatic carbocycles. The Bertz CT molecular complexity index is 1010. The van der Waals surface area contributed by atoms with Crippen LogP contribution in [0.15, 0.2) is 42.5 Å². The summed E-state index contributed by atoms with van der Waals surface area (Å²) in [5.41, 5.74) is 3.22. The van der Waals surface area contributed by atoms with Crippen molar-refractivity contribution in [2.45, 2.75) is 52.0 Å². The molecule has 0 bridgehead atoms. The van der Waals surface area contributed by atoms with Crippen LogP contribution in [0, 0.1) is 12.7 Å². The topological polar surface area (TPSA) is 59.8 Å². The van der Waals surface area contributed by atoms with Crippen LogP contribution in [-0.4, -0.2) is 20.7 Å². The number of halogens is 1. The van der Waals surface area contributed by atoms with Crippen LogP contribution in [0.4, 0.5) is 10.1 Å². The average molecular weight is 392 g/mol. The number of rotatable bonds is 5. The van der Waals surface area contributed by atoms with Crippen LogP contribution < -0.4 is 5.32 Å². The van der Waals surface area contributed by atoms with E-state index in [1.165, 1.54) is 18.1 Å². The number of aryl methyl sites for hydroxylation is 3. The van der Waals surface area contributed by atoms with Crippen molar-refractivity contribution in [2.75, 3.05) is 5.32 Å². The number of carbonyl (C=O) groups excluding carboxylic acids is 1. The zero-order valence-corrected chi connectivity index (χ0v) is 16.6. The molecule has 1 aromatic heterocycles. The number of anilines is 1. The lowest BCUT2D eigenvalue weighted by atomic mass is 10.1. The first-order valence-electron chi connectivity index (χ1n) is 10.2. The molecule has 5 nitrogen and oxygen atoms in total. The predicted octanol–water partition coefficient (Wildman–Crippen LogP) is 4.69. The van der Waals surface area contributed by atoms with E-state index in [-0.39, 0.29) is 11.6 Å². The van der Waals surface area contributed by atoms with E-state index in [0.29, 0.717) is 12.8 Å². The molecule has 0 saturated heterocycles. The molecule has 150 valence electrons. The first-order chi connectivity index (χ1) is 14.1. The summed E-state index contributed by atoms with van der Waals surface area (Å²) in [5, 5.41) is 11.3. The highest BCUT2D eigenvalue weighted by Gasteiger charge is 2.17. The maximum atomic E-state index is 14.3. The number of hydrogen-bond donors (Lipinski definition) is 1.